The fraction of sp³-hybridized carbons (Fsp3) is 0.455. The molecular weight excluding hydrogens is 432 g/mol. The minimum absolute atomic E-state index is 0.0995. The number of amides is 1. The first kappa shape index (κ1) is 22.2. The summed E-state index contributed by atoms with van der Waals surface area (Å²) in [4.78, 5) is 35.0. The van der Waals surface area contributed by atoms with Crippen molar-refractivity contribution in [2.75, 3.05) is 35.7 Å². The Labute approximate surface area is 187 Å². The second kappa shape index (κ2) is 8.85. The minimum atomic E-state index is -2.99. The van der Waals surface area contributed by atoms with E-state index in [1.807, 2.05) is 4.90 Å². The van der Waals surface area contributed by atoms with Crippen molar-refractivity contribution in [3.8, 4) is 5.75 Å². The predicted octanol–water partition coefficient (Wildman–Crippen LogP) is 1.82. The summed E-state index contributed by atoms with van der Waals surface area (Å²) < 4.78 is 22.7. The number of rotatable bonds is 5. The van der Waals surface area contributed by atoms with Gasteiger partial charge in [0.25, 0.3) is 0 Å². The maximum atomic E-state index is 11.6. The van der Waals surface area contributed by atoms with Gasteiger partial charge in [-0.05, 0) is 43.5 Å². The second-order valence-corrected chi connectivity index (χ2v) is 10.8. The second-order valence-electron chi connectivity index (χ2n) is 8.43. The SMILES string of the molecule is CS(=O)(=O)C1CN(c2ncc(N3CCCC3=O)cn2)C1.O=C(c1ccc(O)cc1)C1CC1. The lowest BCUT2D eigenvalue weighted by Gasteiger charge is -2.37. The van der Waals surface area contributed by atoms with E-state index in [0.29, 0.717) is 37.7 Å². The van der Waals surface area contributed by atoms with Crippen LogP contribution < -0.4 is 9.80 Å². The van der Waals surface area contributed by atoms with Crippen LogP contribution >= 0.6 is 0 Å². The van der Waals surface area contributed by atoms with Crippen LogP contribution in [-0.2, 0) is 14.6 Å². The van der Waals surface area contributed by atoms with E-state index in [9.17, 15) is 18.0 Å². The Balaban J connectivity index is 0.000000174. The summed E-state index contributed by atoms with van der Waals surface area (Å²) in [6.07, 6.45) is 7.99. The number of anilines is 2. The first-order valence-corrected chi connectivity index (χ1v) is 12.6. The third-order valence-electron chi connectivity index (χ3n) is 5.85. The third-order valence-corrected chi connectivity index (χ3v) is 7.36. The summed E-state index contributed by atoms with van der Waals surface area (Å²) in [6, 6.07) is 6.46. The zero-order valence-electron chi connectivity index (χ0n) is 17.8. The molecule has 10 heteroatoms. The van der Waals surface area contributed by atoms with Crippen molar-refractivity contribution >= 4 is 33.2 Å². The van der Waals surface area contributed by atoms with Gasteiger partial charge < -0.3 is 14.9 Å². The topological polar surface area (TPSA) is 121 Å². The number of sulfone groups is 1. The number of hydrogen-bond acceptors (Lipinski definition) is 8. The summed E-state index contributed by atoms with van der Waals surface area (Å²) in [5, 5.41) is 8.65. The number of hydrogen-bond donors (Lipinski definition) is 1. The van der Waals surface area contributed by atoms with Crippen LogP contribution in [0, 0.1) is 5.92 Å². The summed E-state index contributed by atoms with van der Waals surface area (Å²) in [7, 11) is -2.99. The van der Waals surface area contributed by atoms with Crippen LogP contribution in [0.2, 0.25) is 0 Å². The molecule has 1 amide bonds. The Kier molecular flexibility index (Phi) is 6.14. The molecule has 2 saturated heterocycles. The van der Waals surface area contributed by atoms with E-state index >= 15 is 0 Å². The molecule has 2 aliphatic heterocycles. The van der Waals surface area contributed by atoms with Gasteiger partial charge in [0.15, 0.2) is 15.6 Å². The highest BCUT2D eigenvalue weighted by Gasteiger charge is 2.36. The van der Waals surface area contributed by atoms with Crippen molar-refractivity contribution < 1.29 is 23.1 Å². The van der Waals surface area contributed by atoms with Crippen LogP contribution in [0.15, 0.2) is 36.7 Å². The number of nitrogens with zero attached hydrogens (tertiary/aromatic N) is 4. The molecule has 1 N–H and O–H groups in total. The highest BCUT2D eigenvalue weighted by atomic mass is 32.2. The first-order chi connectivity index (χ1) is 15.2. The van der Waals surface area contributed by atoms with E-state index < -0.39 is 9.84 Å². The number of carbonyl (C=O) groups excluding carboxylic acids is 2. The Morgan fingerprint density at radius 2 is 1.72 bits per heavy atom. The molecule has 1 aliphatic carbocycles. The van der Waals surface area contributed by atoms with Gasteiger partial charge in [0.2, 0.25) is 11.9 Å². The molecule has 9 nitrogen and oxygen atoms in total. The van der Waals surface area contributed by atoms with E-state index in [1.54, 1.807) is 41.6 Å². The molecule has 0 atom stereocenters. The summed E-state index contributed by atoms with van der Waals surface area (Å²) in [5.74, 6) is 1.30. The lowest BCUT2D eigenvalue weighted by atomic mass is 10.1. The molecule has 0 spiro atoms. The summed E-state index contributed by atoms with van der Waals surface area (Å²) in [5.41, 5.74) is 1.42. The lowest BCUT2D eigenvalue weighted by Crippen LogP contribution is -2.55. The molecular formula is C22H26N4O5S. The molecule has 170 valence electrons. The molecule has 3 fully saturated rings. The molecule has 0 radical (unpaired) electrons. The van der Waals surface area contributed by atoms with E-state index in [-0.39, 0.29) is 28.6 Å². The molecule has 1 aromatic heterocycles. The van der Waals surface area contributed by atoms with Crippen molar-refractivity contribution in [1.82, 2.24) is 9.97 Å². The van der Waals surface area contributed by atoms with Gasteiger partial charge in [0.05, 0.1) is 23.3 Å². The van der Waals surface area contributed by atoms with Crippen molar-refractivity contribution in [2.24, 2.45) is 5.92 Å². The van der Waals surface area contributed by atoms with Crippen LogP contribution in [0.4, 0.5) is 11.6 Å². The molecule has 1 saturated carbocycles. The maximum Gasteiger partial charge on any atom is 0.227 e. The van der Waals surface area contributed by atoms with Gasteiger partial charge >= 0.3 is 0 Å². The predicted molar refractivity (Wildman–Crippen MR) is 120 cm³/mol. The van der Waals surface area contributed by atoms with Gasteiger partial charge in [-0.3, -0.25) is 9.59 Å². The normalized spacial score (nSPS) is 18.7. The van der Waals surface area contributed by atoms with Crippen LogP contribution in [0.1, 0.15) is 36.0 Å². The van der Waals surface area contributed by atoms with Gasteiger partial charge in [-0.2, -0.15) is 0 Å². The molecule has 5 rings (SSSR count). The van der Waals surface area contributed by atoms with Gasteiger partial charge in [-0.15, -0.1) is 0 Å². The Morgan fingerprint density at radius 1 is 1.09 bits per heavy atom. The van der Waals surface area contributed by atoms with Gasteiger partial charge in [0, 0.05) is 43.8 Å². The van der Waals surface area contributed by atoms with E-state index in [0.717, 1.165) is 24.8 Å². The quantitative estimate of drug-likeness (QED) is 0.674. The molecule has 3 heterocycles. The third kappa shape index (κ3) is 5.07. The number of aromatic nitrogens is 2. The average molecular weight is 459 g/mol. The summed E-state index contributed by atoms with van der Waals surface area (Å²) in [6.45, 7) is 1.57. The molecule has 32 heavy (non-hydrogen) atoms. The zero-order chi connectivity index (χ0) is 22.9. The Hall–Kier alpha value is -3.01. The Morgan fingerprint density at radius 3 is 2.22 bits per heavy atom. The van der Waals surface area contributed by atoms with Crippen molar-refractivity contribution in [1.29, 1.82) is 0 Å². The smallest absolute Gasteiger partial charge is 0.227 e. The molecule has 0 bridgehead atoms. The number of phenolic OH excluding ortho intramolecular Hbond substituents is 1. The number of carbonyl (C=O) groups is 2. The van der Waals surface area contributed by atoms with Crippen molar-refractivity contribution in [3.63, 3.8) is 0 Å². The number of phenols is 1. The van der Waals surface area contributed by atoms with Crippen molar-refractivity contribution in [3.05, 3.63) is 42.2 Å². The number of benzene rings is 1. The van der Waals surface area contributed by atoms with Crippen molar-refractivity contribution in [2.45, 2.75) is 30.9 Å². The van der Waals surface area contributed by atoms with Crippen LogP contribution in [0.25, 0.3) is 0 Å². The maximum absolute atomic E-state index is 11.6. The van der Waals surface area contributed by atoms with Crippen LogP contribution in [0.3, 0.4) is 0 Å². The standard InChI is InChI=1S/C12H16N4O3S.C10H10O2/c1-20(18,19)10-7-15(8-10)12-13-5-9(6-14-12)16-4-2-3-11(16)17;11-9-5-3-8(4-6-9)10(12)7-1-2-7/h5-6,10H,2-4,7-8H2,1H3;3-7,11H,1-2H2. The van der Waals surface area contributed by atoms with Gasteiger partial charge in [0.1, 0.15) is 5.75 Å². The lowest BCUT2D eigenvalue weighted by molar-refractivity contribution is -0.117. The van der Waals surface area contributed by atoms with E-state index in [2.05, 4.69) is 9.97 Å². The molecule has 2 aromatic rings. The van der Waals surface area contributed by atoms with Gasteiger partial charge in [-0.1, -0.05) is 0 Å². The number of ketones is 1. The monoisotopic (exact) mass is 458 g/mol. The molecule has 1 aromatic carbocycles. The summed E-state index contributed by atoms with van der Waals surface area (Å²) >= 11 is 0. The fourth-order valence-corrected chi connectivity index (χ4v) is 4.52. The molecule has 0 unspecified atom stereocenters. The van der Waals surface area contributed by atoms with Crippen LogP contribution in [0.5, 0.6) is 5.75 Å². The highest BCUT2D eigenvalue weighted by Crippen LogP contribution is 2.32. The average Bonchev–Trinajstić information content (AvgIpc) is 3.48. The largest absolute Gasteiger partial charge is 0.508 e. The zero-order valence-corrected chi connectivity index (χ0v) is 18.7. The Bertz CT molecular complexity index is 1090. The molecule has 3 aliphatic rings. The number of aromatic hydroxyl groups is 1. The fourth-order valence-electron chi connectivity index (χ4n) is 3.62. The van der Waals surface area contributed by atoms with Gasteiger partial charge in [-0.25, -0.2) is 18.4 Å². The first-order valence-electron chi connectivity index (χ1n) is 10.6. The number of Topliss-reactive ketones (excluding diaryl/α,β-unsaturated/α-hetero) is 1. The van der Waals surface area contributed by atoms with E-state index in [1.165, 1.54) is 6.26 Å². The minimum Gasteiger partial charge on any atom is -0.508 e. The highest BCUT2D eigenvalue weighted by molar-refractivity contribution is 7.91. The van der Waals surface area contributed by atoms with Crippen LogP contribution in [-0.4, -0.2) is 66.3 Å². The van der Waals surface area contributed by atoms with E-state index in [4.69, 9.17) is 5.11 Å².